The lowest BCUT2D eigenvalue weighted by molar-refractivity contribution is -0.137. The van der Waals surface area contributed by atoms with Gasteiger partial charge in [-0.1, -0.05) is 0 Å². The number of aryl methyl sites for hydroxylation is 3. The first-order valence-corrected chi connectivity index (χ1v) is 9.72. The standard InChI is InChI=1S/C20H29N5O2/c1-15-11-17(24(3)22-15)12-25-13-20(14-25)16(7-10-27-20)6-8-21-19(26)18-5-4-9-23(18)2/h4-5,9,11,16H,6-8,10,12-14H2,1-3H3,(H,21,26)/t16-/m1/s1. The van der Waals surface area contributed by atoms with Gasteiger partial charge in [0, 0.05) is 53.1 Å². The Kier molecular flexibility index (Phi) is 4.82. The Balaban J connectivity index is 1.27. The van der Waals surface area contributed by atoms with Gasteiger partial charge in [-0.15, -0.1) is 0 Å². The van der Waals surface area contributed by atoms with Crippen molar-refractivity contribution in [2.24, 2.45) is 20.0 Å². The number of amides is 1. The molecule has 2 fully saturated rings. The predicted octanol–water partition coefficient (Wildman–Crippen LogP) is 1.48. The van der Waals surface area contributed by atoms with Gasteiger partial charge in [0.2, 0.25) is 0 Å². The highest BCUT2D eigenvalue weighted by Gasteiger charge is 2.52. The van der Waals surface area contributed by atoms with E-state index in [1.165, 1.54) is 5.69 Å². The quantitative estimate of drug-likeness (QED) is 0.835. The predicted molar refractivity (Wildman–Crippen MR) is 102 cm³/mol. The maximum atomic E-state index is 12.3. The Bertz CT molecular complexity index is 818. The van der Waals surface area contributed by atoms with Crippen LogP contribution in [0.3, 0.4) is 0 Å². The number of hydrogen-bond donors (Lipinski definition) is 1. The van der Waals surface area contributed by atoms with E-state index in [1.807, 2.05) is 48.6 Å². The third kappa shape index (κ3) is 3.53. The zero-order valence-corrected chi connectivity index (χ0v) is 16.4. The van der Waals surface area contributed by atoms with E-state index >= 15 is 0 Å². The van der Waals surface area contributed by atoms with E-state index in [2.05, 4.69) is 21.4 Å². The zero-order valence-electron chi connectivity index (χ0n) is 16.4. The van der Waals surface area contributed by atoms with Gasteiger partial charge in [-0.25, -0.2) is 0 Å². The van der Waals surface area contributed by atoms with Crippen molar-refractivity contribution in [3.05, 3.63) is 41.5 Å². The molecule has 0 aliphatic carbocycles. The molecule has 0 radical (unpaired) electrons. The number of ether oxygens (including phenoxy) is 1. The van der Waals surface area contributed by atoms with Crippen molar-refractivity contribution in [2.45, 2.75) is 31.9 Å². The molecule has 1 amide bonds. The number of likely N-dealkylation sites (tertiary alicyclic amines) is 1. The lowest BCUT2D eigenvalue weighted by atomic mass is 9.79. The number of nitrogens with one attached hydrogen (secondary N) is 1. The highest BCUT2D eigenvalue weighted by atomic mass is 16.5. The maximum absolute atomic E-state index is 12.3. The van der Waals surface area contributed by atoms with Gasteiger partial charge in [0.05, 0.1) is 17.0 Å². The molecule has 2 saturated heterocycles. The summed E-state index contributed by atoms with van der Waals surface area (Å²) in [4.78, 5) is 14.7. The second-order valence-corrected chi connectivity index (χ2v) is 7.99. The summed E-state index contributed by atoms with van der Waals surface area (Å²) in [5, 5.41) is 7.49. The van der Waals surface area contributed by atoms with Crippen LogP contribution in [0.5, 0.6) is 0 Å². The normalized spacial score (nSPS) is 21.5. The molecule has 4 heterocycles. The largest absolute Gasteiger partial charge is 0.372 e. The number of aromatic nitrogens is 3. The first kappa shape index (κ1) is 18.3. The maximum Gasteiger partial charge on any atom is 0.267 e. The van der Waals surface area contributed by atoms with E-state index in [-0.39, 0.29) is 11.5 Å². The number of rotatable bonds is 6. The highest BCUT2D eigenvalue weighted by molar-refractivity contribution is 5.92. The molecule has 1 atom stereocenters. The molecule has 0 unspecified atom stereocenters. The van der Waals surface area contributed by atoms with Crippen LogP contribution in [0.2, 0.25) is 0 Å². The van der Waals surface area contributed by atoms with Crippen molar-refractivity contribution >= 4 is 5.91 Å². The molecule has 27 heavy (non-hydrogen) atoms. The molecule has 4 rings (SSSR count). The van der Waals surface area contributed by atoms with Crippen LogP contribution in [0.15, 0.2) is 24.4 Å². The van der Waals surface area contributed by atoms with Crippen LogP contribution in [-0.4, -0.2) is 57.0 Å². The first-order chi connectivity index (χ1) is 13.0. The minimum Gasteiger partial charge on any atom is -0.372 e. The summed E-state index contributed by atoms with van der Waals surface area (Å²) >= 11 is 0. The third-order valence-corrected chi connectivity index (χ3v) is 6.02. The average Bonchev–Trinajstić information content (AvgIpc) is 3.27. The molecule has 7 nitrogen and oxygen atoms in total. The molecular weight excluding hydrogens is 342 g/mol. The Morgan fingerprint density at radius 3 is 2.89 bits per heavy atom. The van der Waals surface area contributed by atoms with Gasteiger partial charge < -0.3 is 14.6 Å². The van der Waals surface area contributed by atoms with Gasteiger partial charge >= 0.3 is 0 Å². The van der Waals surface area contributed by atoms with Crippen LogP contribution in [0, 0.1) is 12.8 Å². The number of carbonyl (C=O) groups excluding carboxylic acids is 1. The van der Waals surface area contributed by atoms with Crippen LogP contribution in [-0.2, 0) is 25.4 Å². The molecule has 7 heteroatoms. The van der Waals surface area contributed by atoms with Crippen LogP contribution in [0.1, 0.15) is 34.7 Å². The summed E-state index contributed by atoms with van der Waals surface area (Å²) in [5.41, 5.74) is 2.98. The lowest BCUT2D eigenvalue weighted by Crippen LogP contribution is -2.64. The Morgan fingerprint density at radius 1 is 1.41 bits per heavy atom. The van der Waals surface area contributed by atoms with Gasteiger partial charge in [-0.2, -0.15) is 5.10 Å². The van der Waals surface area contributed by atoms with E-state index in [9.17, 15) is 4.79 Å². The second kappa shape index (κ2) is 7.13. The molecule has 2 aromatic rings. The van der Waals surface area contributed by atoms with Crippen molar-refractivity contribution < 1.29 is 9.53 Å². The van der Waals surface area contributed by atoms with Crippen LogP contribution in [0.25, 0.3) is 0 Å². The van der Waals surface area contributed by atoms with Gasteiger partial charge in [0.25, 0.3) is 5.91 Å². The third-order valence-electron chi connectivity index (χ3n) is 6.02. The minimum absolute atomic E-state index is 0.00252. The smallest absolute Gasteiger partial charge is 0.267 e. The summed E-state index contributed by atoms with van der Waals surface area (Å²) in [6.07, 6.45) is 3.94. The van der Waals surface area contributed by atoms with Gasteiger partial charge in [-0.3, -0.25) is 14.4 Å². The second-order valence-electron chi connectivity index (χ2n) is 7.99. The fourth-order valence-electron chi connectivity index (χ4n) is 4.55. The zero-order chi connectivity index (χ0) is 19.0. The molecule has 0 aromatic carbocycles. The Morgan fingerprint density at radius 2 is 2.22 bits per heavy atom. The molecule has 0 bridgehead atoms. The molecule has 2 aromatic heterocycles. The monoisotopic (exact) mass is 371 g/mol. The molecule has 0 saturated carbocycles. The fourth-order valence-corrected chi connectivity index (χ4v) is 4.55. The summed E-state index contributed by atoms with van der Waals surface area (Å²) in [5.74, 6) is 0.507. The average molecular weight is 371 g/mol. The van der Waals surface area contributed by atoms with E-state index < -0.39 is 0 Å². The Labute approximate surface area is 160 Å². The SMILES string of the molecule is Cc1cc(CN2CC3(C2)OCC[C@H]3CCNC(=O)c2cccn2C)n(C)n1. The van der Waals surface area contributed by atoms with Gasteiger partial charge in [0.1, 0.15) is 5.69 Å². The summed E-state index contributed by atoms with van der Waals surface area (Å²) in [6, 6.07) is 5.89. The van der Waals surface area contributed by atoms with Crippen molar-refractivity contribution in [2.75, 3.05) is 26.2 Å². The molecular formula is C20H29N5O2. The fraction of sp³-hybridized carbons (Fsp3) is 0.600. The minimum atomic E-state index is -0.0245. The van der Waals surface area contributed by atoms with Crippen molar-refractivity contribution in [3.8, 4) is 0 Å². The van der Waals surface area contributed by atoms with Crippen molar-refractivity contribution in [3.63, 3.8) is 0 Å². The van der Waals surface area contributed by atoms with Gasteiger partial charge in [-0.05, 0) is 43.9 Å². The molecule has 2 aliphatic rings. The topological polar surface area (TPSA) is 64.3 Å². The van der Waals surface area contributed by atoms with E-state index in [0.29, 0.717) is 18.2 Å². The number of hydrogen-bond acceptors (Lipinski definition) is 4. The molecule has 2 aliphatic heterocycles. The van der Waals surface area contributed by atoms with Crippen LogP contribution < -0.4 is 5.32 Å². The number of carbonyl (C=O) groups is 1. The Hall–Kier alpha value is -2.12. The summed E-state index contributed by atoms with van der Waals surface area (Å²) in [7, 11) is 3.89. The van der Waals surface area contributed by atoms with E-state index in [1.54, 1.807) is 0 Å². The van der Waals surface area contributed by atoms with Crippen molar-refractivity contribution in [1.29, 1.82) is 0 Å². The molecule has 1 N–H and O–H groups in total. The summed E-state index contributed by atoms with van der Waals surface area (Å²) < 4.78 is 9.97. The first-order valence-electron chi connectivity index (χ1n) is 9.72. The summed E-state index contributed by atoms with van der Waals surface area (Å²) in [6.45, 7) is 6.40. The van der Waals surface area contributed by atoms with Gasteiger partial charge in [0.15, 0.2) is 0 Å². The van der Waals surface area contributed by atoms with E-state index in [0.717, 1.165) is 44.8 Å². The lowest BCUT2D eigenvalue weighted by Gasteiger charge is -2.50. The number of nitrogens with zero attached hydrogens (tertiary/aromatic N) is 4. The van der Waals surface area contributed by atoms with E-state index in [4.69, 9.17) is 4.74 Å². The van der Waals surface area contributed by atoms with Crippen LogP contribution in [0.4, 0.5) is 0 Å². The highest BCUT2D eigenvalue weighted by Crippen LogP contribution is 2.42. The molecule has 1 spiro atoms. The van der Waals surface area contributed by atoms with Crippen molar-refractivity contribution in [1.82, 2.24) is 24.6 Å². The van der Waals surface area contributed by atoms with Crippen LogP contribution >= 0.6 is 0 Å². The molecule has 146 valence electrons.